The Bertz CT molecular complexity index is 669. The molecule has 7 unspecified atom stereocenters. The van der Waals surface area contributed by atoms with Crippen molar-refractivity contribution in [1.29, 1.82) is 0 Å². The molecule has 0 radical (unpaired) electrons. The normalized spacial score (nSPS) is 36.6. The lowest BCUT2D eigenvalue weighted by molar-refractivity contribution is -0.159. The van der Waals surface area contributed by atoms with Crippen LogP contribution in [0, 0.1) is 17.8 Å². The van der Waals surface area contributed by atoms with Crippen LogP contribution >= 0.6 is 0 Å². The van der Waals surface area contributed by atoms with Crippen molar-refractivity contribution in [3.05, 3.63) is 0 Å². The van der Waals surface area contributed by atoms with E-state index in [0.29, 0.717) is 62.6 Å². The third kappa shape index (κ3) is 6.27. The maximum atomic E-state index is 13.3. The quantitative estimate of drug-likeness (QED) is 0.477. The van der Waals surface area contributed by atoms with E-state index in [0.717, 1.165) is 32.2 Å². The van der Waals surface area contributed by atoms with Crippen molar-refractivity contribution in [3.8, 4) is 0 Å². The number of amides is 2. The van der Waals surface area contributed by atoms with Crippen molar-refractivity contribution < 1.29 is 19.5 Å². The molecule has 3 aliphatic heterocycles. The molecular weight excluding hydrogens is 420 g/mol. The average molecular weight is 465 g/mol. The largest absolute Gasteiger partial charge is 0.393 e. The van der Waals surface area contributed by atoms with E-state index in [1.165, 1.54) is 12.8 Å². The van der Waals surface area contributed by atoms with Gasteiger partial charge in [0.2, 0.25) is 5.91 Å². The Morgan fingerprint density at radius 3 is 2.61 bits per heavy atom. The number of likely N-dealkylation sites (tertiary alicyclic amines) is 1. The number of nitrogens with one attached hydrogen (secondary N) is 3. The standard InChI is InChI=1S/C25H44N4O4/c1-16-5-3-7-18-15-21(33-28-23(16)18)25(32)27-20(24-17(2)6-4-12-26-24)8-9-22(31)29-13-10-19(30)11-14-29/h16-21,23-24,26,28,30H,3-15H2,1-2H3,(H,27,32). The first kappa shape index (κ1) is 24.9. The minimum Gasteiger partial charge on any atom is -0.393 e. The highest BCUT2D eigenvalue weighted by Gasteiger charge is 2.40. The van der Waals surface area contributed by atoms with Crippen LogP contribution in [0.5, 0.6) is 0 Å². The fourth-order valence-corrected chi connectivity index (χ4v) is 6.43. The van der Waals surface area contributed by atoms with Crippen molar-refractivity contribution in [1.82, 2.24) is 21.0 Å². The average Bonchev–Trinajstić information content (AvgIpc) is 2.82. The van der Waals surface area contributed by atoms with Crippen molar-refractivity contribution in [2.75, 3.05) is 19.6 Å². The lowest BCUT2D eigenvalue weighted by Gasteiger charge is -2.43. The molecule has 7 atom stereocenters. The van der Waals surface area contributed by atoms with Gasteiger partial charge < -0.3 is 20.6 Å². The Morgan fingerprint density at radius 1 is 1.09 bits per heavy atom. The fourth-order valence-electron chi connectivity index (χ4n) is 6.43. The Hall–Kier alpha value is -1.22. The molecule has 1 saturated carbocycles. The second kappa shape index (κ2) is 11.5. The Balaban J connectivity index is 1.35. The molecule has 4 fully saturated rings. The highest BCUT2D eigenvalue weighted by molar-refractivity contribution is 5.81. The molecule has 1 aliphatic carbocycles. The molecule has 0 aromatic carbocycles. The fraction of sp³-hybridized carbons (Fsp3) is 0.920. The molecule has 33 heavy (non-hydrogen) atoms. The zero-order valence-electron chi connectivity index (χ0n) is 20.4. The van der Waals surface area contributed by atoms with Crippen LogP contribution in [-0.2, 0) is 14.4 Å². The molecule has 4 aliphatic rings. The molecule has 0 aromatic rings. The van der Waals surface area contributed by atoms with E-state index in [1.54, 1.807) is 0 Å². The van der Waals surface area contributed by atoms with Crippen molar-refractivity contribution in [2.24, 2.45) is 17.8 Å². The van der Waals surface area contributed by atoms with Gasteiger partial charge in [0.25, 0.3) is 5.91 Å². The molecule has 3 heterocycles. The molecule has 4 N–H and O–H groups in total. The SMILES string of the molecule is CC1CCCC2CC(C(=O)NC(CCC(=O)N3CCC(O)CC3)C3NCCCC3C)ONC12. The van der Waals surface area contributed by atoms with Gasteiger partial charge in [-0.1, -0.05) is 20.3 Å². The number of fused-ring (bicyclic) bond motifs is 1. The van der Waals surface area contributed by atoms with E-state index >= 15 is 0 Å². The number of carbonyl (C=O) groups excluding carboxylic acids is 2. The first-order valence-corrected chi connectivity index (χ1v) is 13.3. The molecule has 8 nitrogen and oxygen atoms in total. The summed E-state index contributed by atoms with van der Waals surface area (Å²) in [6, 6.07) is 0.413. The summed E-state index contributed by atoms with van der Waals surface area (Å²) in [6.07, 6.45) is 8.21. The number of rotatable bonds is 6. The third-order valence-electron chi connectivity index (χ3n) is 8.59. The Labute approximate surface area is 198 Å². The number of hydrogen-bond donors (Lipinski definition) is 4. The summed E-state index contributed by atoms with van der Waals surface area (Å²) in [6.45, 7) is 6.69. The monoisotopic (exact) mass is 464 g/mol. The maximum Gasteiger partial charge on any atom is 0.251 e. The van der Waals surface area contributed by atoms with Crippen molar-refractivity contribution >= 4 is 11.8 Å². The zero-order chi connectivity index (χ0) is 23.4. The van der Waals surface area contributed by atoms with Crippen LogP contribution in [0.1, 0.15) is 78.1 Å². The zero-order valence-corrected chi connectivity index (χ0v) is 20.4. The number of nitrogens with zero attached hydrogens (tertiary/aromatic N) is 1. The second-order valence-corrected chi connectivity index (χ2v) is 11.0. The maximum absolute atomic E-state index is 13.3. The first-order valence-electron chi connectivity index (χ1n) is 13.3. The molecule has 3 saturated heterocycles. The minimum atomic E-state index is -0.475. The van der Waals surface area contributed by atoms with Crippen LogP contribution in [0.2, 0.25) is 0 Å². The summed E-state index contributed by atoms with van der Waals surface area (Å²) in [5.74, 6) is 1.57. The Morgan fingerprint density at radius 2 is 1.85 bits per heavy atom. The number of aliphatic hydroxyl groups is 1. The highest BCUT2D eigenvalue weighted by Crippen LogP contribution is 2.35. The highest BCUT2D eigenvalue weighted by atomic mass is 16.7. The molecule has 0 aromatic heterocycles. The molecule has 0 bridgehead atoms. The van der Waals surface area contributed by atoms with E-state index in [-0.39, 0.29) is 30.0 Å². The van der Waals surface area contributed by atoms with Gasteiger partial charge in [-0.2, -0.15) is 5.48 Å². The van der Waals surface area contributed by atoms with Crippen LogP contribution in [-0.4, -0.2) is 71.8 Å². The first-order chi connectivity index (χ1) is 15.9. The van der Waals surface area contributed by atoms with Gasteiger partial charge in [-0.05, 0) is 75.7 Å². The predicted molar refractivity (Wildman–Crippen MR) is 126 cm³/mol. The topological polar surface area (TPSA) is 103 Å². The van der Waals surface area contributed by atoms with Crippen molar-refractivity contribution in [2.45, 2.75) is 108 Å². The van der Waals surface area contributed by atoms with Crippen molar-refractivity contribution in [3.63, 3.8) is 0 Å². The van der Waals surface area contributed by atoms with E-state index in [1.807, 2.05) is 4.90 Å². The van der Waals surface area contributed by atoms with E-state index in [4.69, 9.17) is 4.84 Å². The number of hydrogen-bond acceptors (Lipinski definition) is 6. The number of aliphatic hydroxyl groups excluding tert-OH is 1. The lowest BCUT2D eigenvalue weighted by atomic mass is 9.75. The predicted octanol–water partition coefficient (Wildman–Crippen LogP) is 1.72. The number of piperidine rings is 2. The summed E-state index contributed by atoms with van der Waals surface area (Å²) in [5.41, 5.74) is 3.20. The molecular formula is C25H44N4O4. The van der Waals surface area contributed by atoms with Gasteiger partial charge in [-0.3, -0.25) is 14.4 Å². The van der Waals surface area contributed by atoms with Gasteiger partial charge in [-0.25, -0.2) is 0 Å². The lowest BCUT2D eigenvalue weighted by Crippen LogP contribution is -2.59. The molecule has 2 amide bonds. The van der Waals surface area contributed by atoms with E-state index in [9.17, 15) is 14.7 Å². The number of carbonyl (C=O) groups is 2. The van der Waals surface area contributed by atoms with Crippen LogP contribution in [0.4, 0.5) is 0 Å². The minimum absolute atomic E-state index is 0.0581. The van der Waals surface area contributed by atoms with Gasteiger partial charge in [0, 0.05) is 37.6 Å². The Kier molecular flexibility index (Phi) is 8.65. The smallest absolute Gasteiger partial charge is 0.251 e. The van der Waals surface area contributed by atoms with Gasteiger partial charge in [0.15, 0.2) is 6.10 Å². The van der Waals surface area contributed by atoms with Crippen LogP contribution < -0.4 is 16.1 Å². The van der Waals surface area contributed by atoms with Crippen LogP contribution in [0.25, 0.3) is 0 Å². The summed E-state index contributed by atoms with van der Waals surface area (Å²) in [7, 11) is 0. The van der Waals surface area contributed by atoms with Crippen LogP contribution in [0.3, 0.4) is 0 Å². The van der Waals surface area contributed by atoms with Gasteiger partial charge in [0.1, 0.15) is 0 Å². The summed E-state index contributed by atoms with van der Waals surface area (Å²) in [5, 5.41) is 16.6. The second-order valence-electron chi connectivity index (χ2n) is 11.0. The molecule has 0 spiro atoms. The third-order valence-corrected chi connectivity index (χ3v) is 8.59. The van der Waals surface area contributed by atoms with E-state index in [2.05, 4.69) is 30.0 Å². The molecule has 188 valence electrons. The van der Waals surface area contributed by atoms with E-state index < -0.39 is 6.10 Å². The van der Waals surface area contributed by atoms with Gasteiger partial charge in [-0.15, -0.1) is 0 Å². The number of hydroxylamine groups is 1. The van der Waals surface area contributed by atoms with Crippen LogP contribution in [0.15, 0.2) is 0 Å². The molecule has 8 heteroatoms. The van der Waals surface area contributed by atoms with Gasteiger partial charge >= 0.3 is 0 Å². The summed E-state index contributed by atoms with van der Waals surface area (Å²) in [4.78, 5) is 33.8. The molecule has 4 rings (SSSR count). The summed E-state index contributed by atoms with van der Waals surface area (Å²) >= 11 is 0. The van der Waals surface area contributed by atoms with Gasteiger partial charge in [0.05, 0.1) is 6.10 Å². The summed E-state index contributed by atoms with van der Waals surface area (Å²) < 4.78 is 0.